The summed E-state index contributed by atoms with van der Waals surface area (Å²) in [5.74, 6) is -2.37. The maximum Gasteiger partial charge on any atom is 0.328 e. The number of carbonyl (C=O) groups is 3. The fraction of sp³-hybridized carbons (Fsp3) is 0.800. The van der Waals surface area contributed by atoms with Crippen LogP contribution in [0.2, 0.25) is 0 Å². The van der Waals surface area contributed by atoms with Gasteiger partial charge in [0, 0.05) is 13.1 Å². The summed E-state index contributed by atoms with van der Waals surface area (Å²) >= 11 is 0. The van der Waals surface area contributed by atoms with Gasteiger partial charge in [-0.1, -0.05) is 6.42 Å². The number of carbonyl (C=O) groups excluding carboxylic acids is 1. The van der Waals surface area contributed by atoms with Crippen LogP contribution in [0.15, 0.2) is 0 Å². The number of hydrogen-bond acceptors (Lipinski definition) is 6. The van der Waals surface area contributed by atoms with Crippen LogP contribution in [-0.2, 0) is 14.4 Å². The summed E-state index contributed by atoms with van der Waals surface area (Å²) < 4.78 is 0. The van der Waals surface area contributed by atoms with E-state index in [9.17, 15) is 24.6 Å². The van der Waals surface area contributed by atoms with Crippen molar-refractivity contribution in [1.82, 2.24) is 15.3 Å². The normalized spacial score (nSPS) is 26.0. The van der Waals surface area contributed by atoms with Crippen LogP contribution in [0.1, 0.15) is 38.5 Å². The van der Waals surface area contributed by atoms with Crippen molar-refractivity contribution in [3.63, 3.8) is 0 Å². The van der Waals surface area contributed by atoms with Gasteiger partial charge >= 0.3 is 11.9 Å². The van der Waals surface area contributed by atoms with E-state index >= 15 is 0 Å². The molecule has 0 aromatic heterocycles. The Bertz CT molecular complexity index is 486. The molecule has 0 aromatic rings. The Morgan fingerprint density at radius 1 is 1.25 bits per heavy atom. The lowest BCUT2D eigenvalue weighted by Gasteiger charge is -2.47. The highest BCUT2D eigenvalue weighted by Crippen LogP contribution is 2.24. The molecule has 2 aliphatic rings. The van der Waals surface area contributed by atoms with Crippen molar-refractivity contribution in [3.05, 3.63) is 0 Å². The van der Waals surface area contributed by atoms with Crippen LogP contribution in [0, 0.1) is 0 Å². The van der Waals surface area contributed by atoms with E-state index in [1.54, 1.807) is 5.01 Å². The van der Waals surface area contributed by atoms with Crippen molar-refractivity contribution in [2.24, 2.45) is 5.73 Å². The number of nitrogens with one attached hydrogen (secondary N) is 1. The number of carboxylic acid groups (broad SMARTS) is 2. The van der Waals surface area contributed by atoms with Gasteiger partial charge in [-0.3, -0.25) is 19.9 Å². The van der Waals surface area contributed by atoms with Crippen LogP contribution >= 0.6 is 0 Å². The van der Waals surface area contributed by atoms with Crippen molar-refractivity contribution >= 4 is 17.8 Å². The first-order valence-electron chi connectivity index (χ1n) is 8.45. The second kappa shape index (κ2) is 8.41. The van der Waals surface area contributed by atoms with Crippen molar-refractivity contribution in [2.75, 3.05) is 19.6 Å². The summed E-state index contributed by atoms with van der Waals surface area (Å²) in [4.78, 5) is 35.5. The van der Waals surface area contributed by atoms with Crippen molar-refractivity contribution < 1.29 is 24.6 Å². The Balaban J connectivity index is 2.04. The second-order valence-electron chi connectivity index (χ2n) is 6.32. The van der Waals surface area contributed by atoms with Gasteiger partial charge in [-0.25, -0.2) is 9.80 Å². The number of amides is 1. The van der Waals surface area contributed by atoms with Crippen molar-refractivity contribution in [2.45, 2.75) is 56.7 Å². The lowest BCUT2D eigenvalue weighted by atomic mass is 10.0. The van der Waals surface area contributed by atoms with E-state index in [1.807, 2.05) is 0 Å². The van der Waals surface area contributed by atoms with Gasteiger partial charge in [0.2, 0.25) is 0 Å². The Morgan fingerprint density at radius 3 is 2.62 bits per heavy atom. The van der Waals surface area contributed by atoms with Crippen LogP contribution < -0.4 is 11.1 Å². The molecular weight excluding hydrogens is 316 g/mol. The summed E-state index contributed by atoms with van der Waals surface area (Å²) in [7, 11) is 0. The van der Waals surface area contributed by atoms with Gasteiger partial charge in [0.25, 0.3) is 5.91 Å². The number of hydrazine groups is 1. The zero-order valence-electron chi connectivity index (χ0n) is 13.7. The molecule has 0 bridgehead atoms. The summed E-state index contributed by atoms with van der Waals surface area (Å²) in [6, 6.07) is -2.36. The third kappa shape index (κ3) is 4.22. The van der Waals surface area contributed by atoms with Gasteiger partial charge in [0.05, 0.1) is 6.04 Å². The smallest absolute Gasteiger partial charge is 0.328 e. The molecule has 3 unspecified atom stereocenters. The van der Waals surface area contributed by atoms with E-state index in [-0.39, 0.29) is 5.91 Å². The molecule has 2 heterocycles. The minimum absolute atomic E-state index is 0.349. The number of nitrogens with zero attached hydrogens (tertiary/aromatic N) is 2. The fourth-order valence-corrected chi connectivity index (χ4v) is 3.36. The minimum atomic E-state index is -1.02. The highest BCUT2D eigenvalue weighted by molar-refractivity contribution is 5.88. The highest BCUT2D eigenvalue weighted by Gasteiger charge is 2.43. The summed E-state index contributed by atoms with van der Waals surface area (Å²) in [6.07, 6.45) is 3.41. The molecule has 9 nitrogen and oxygen atoms in total. The molecule has 2 aliphatic heterocycles. The molecule has 0 saturated carbocycles. The van der Waals surface area contributed by atoms with Gasteiger partial charge in [0.1, 0.15) is 12.1 Å². The number of carboxylic acids is 2. The first kappa shape index (κ1) is 18.6. The largest absolute Gasteiger partial charge is 0.480 e. The first-order valence-corrected chi connectivity index (χ1v) is 8.45. The standard InChI is InChI=1S/C15H26N4O5/c16-7-2-1-4-11(14(21)22)17-10-6-9-18-8-3-5-12(15(23)24)19(18)13(10)20/h10-12,17H,1-9,16H2,(H,21,22)(H,23,24). The van der Waals surface area contributed by atoms with Gasteiger partial charge < -0.3 is 15.9 Å². The zero-order chi connectivity index (χ0) is 17.7. The zero-order valence-corrected chi connectivity index (χ0v) is 13.7. The van der Waals surface area contributed by atoms with Crippen LogP contribution in [0.25, 0.3) is 0 Å². The molecule has 2 saturated heterocycles. The SMILES string of the molecule is NCCCCC(NC1CCN2CCCC(C(=O)O)N2C1=O)C(=O)O. The molecule has 2 rings (SSSR count). The predicted octanol–water partition coefficient (Wildman–Crippen LogP) is -0.777. The molecule has 5 N–H and O–H groups in total. The highest BCUT2D eigenvalue weighted by atomic mass is 16.4. The number of nitrogens with two attached hydrogens (primary N) is 1. The van der Waals surface area contributed by atoms with Crippen LogP contribution in [0.5, 0.6) is 0 Å². The third-order valence-corrected chi connectivity index (χ3v) is 4.63. The molecule has 2 fully saturated rings. The second-order valence-corrected chi connectivity index (χ2v) is 6.32. The predicted molar refractivity (Wildman–Crippen MR) is 84.9 cm³/mol. The van der Waals surface area contributed by atoms with E-state index < -0.39 is 30.1 Å². The molecule has 0 aliphatic carbocycles. The number of unbranched alkanes of at least 4 members (excludes halogenated alkanes) is 1. The average molecular weight is 342 g/mol. The topological polar surface area (TPSA) is 136 Å². The molecular formula is C15H26N4O5. The van der Waals surface area contributed by atoms with Gasteiger partial charge in [-0.2, -0.15) is 0 Å². The van der Waals surface area contributed by atoms with Crippen molar-refractivity contribution in [1.29, 1.82) is 0 Å². The summed E-state index contributed by atoms with van der Waals surface area (Å²) in [5.41, 5.74) is 5.42. The number of aliphatic carboxylic acids is 2. The number of hydrogen-bond donors (Lipinski definition) is 4. The van der Waals surface area contributed by atoms with E-state index in [4.69, 9.17) is 5.73 Å². The van der Waals surface area contributed by atoms with Gasteiger partial charge in [0.15, 0.2) is 0 Å². The van der Waals surface area contributed by atoms with Crippen LogP contribution in [-0.4, -0.2) is 75.8 Å². The van der Waals surface area contributed by atoms with Crippen LogP contribution in [0.4, 0.5) is 0 Å². The van der Waals surface area contributed by atoms with Crippen molar-refractivity contribution in [3.8, 4) is 0 Å². The fourth-order valence-electron chi connectivity index (χ4n) is 3.36. The monoisotopic (exact) mass is 342 g/mol. The van der Waals surface area contributed by atoms with Gasteiger partial charge in [-0.15, -0.1) is 0 Å². The molecule has 9 heteroatoms. The maximum absolute atomic E-state index is 12.7. The lowest BCUT2D eigenvalue weighted by Crippen LogP contribution is -2.67. The molecule has 136 valence electrons. The lowest BCUT2D eigenvalue weighted by molar-refractivity contribution is -0.183. The van der Waals surface area contributed by atoms with E-state index in [0.29, 0.717) is 45.3 Å². The Hall–Kier alpha value is -1.71. The molecule has 0 radical (unpaired) electrons. The minimum Gasteiger partial charge on any atom is -0.480 e. The van der Waals surface area contributed by atoms with E-state index in [1.165, 1.54) is 5.01 Å². The number of rotatable bonds is 8. The number of fused-ring (bicyclic) bond motifs is 1. The summed E-state index contributed by atoms with van der Waals surface area (Å²) in [5, 5.41) is 24.7. The van der Waals surface area contributed by atoms with Crippen LogP contribution in [0.3, 0.4) is 0 Å². The average Bonchev–Trinajstić information content (AvgIpc) is 2.55. The maximum atomic E-state index is 12.7. The first-order chi connectivity index (χ1) is 11.5. The van der Waals surface area contributed by atoms with E-state index in [0.717, 1.165) is 12.8 Å². The molecule has 0 aromatic carbocycles. The molecule has 24 heavy (non-hydrogen) atoms. The van der Waals surface area contributed by atoms with E-state index in [2.05, 4.69) is 5.32 Å². The Morgan fingerprint density at radius 2 is 2.00 bits per heavy atom. The summed E-state index contributed by atoms with van der Waals surface area (Å²) in [6.45, 7) is 1.70. The Kier molecular flexibility index (Phi) is 6.52. The molecule has 1 amide bonds. The third-order valence-electron chi connectivity index (χ3n) is 4.63. The molecule has 0 spiro atoms. The quantitative estimate of drug-likeness (QED) is 0.422. The van der Waals surface area contributed by atoms with Gasteiger partial charge in [-0.05, 0) is 38.6 Å². The Labute approximate surface area is 140 Å². The molecule has 3 atom stereocenters.